The highest BCUT2D eigenvalue weighted by Crippen LogP contribution is 2.24. The van der Waals surface area contributed by atoms with Crippen molar-refractivity contribution in [3.05, 3.63) is 71.8 Å². The van der Waals surface area contributed by atoms with Crippen LogP contribution in [-0.4, -0.2) is 57.2 Å². The molecular formula is C22H20N4O3S. The maximum Gasteiger partial charge on any atom is 0.257 e. The second kappa shape index (κ2) is 7.79. The van der Waals surface area contributed by atoms with E-state index in [4.69, 9.17) is 4.42 Å². The molecule has 3 aromatic heterocycles. The number of amides is 2. The Bertz CT molecular complexity index is 1170. The predicted molar refractivity (Wildman–Crippen MR) is 113 cm³/mol. The standard InChI is InChI=1S/C22H20N4O3S/c27-20(24-7-9-25(10-8-24)21(28)17-6-11-29-14-17)12-18-15-30-22-23-19(13-26(18)22)16-4-2-1-3-5-16/h1-6,11,13-15H,7-10,12H2. The zero-order valence-corrected chi connectivity index (χ0v) is 17.0. The fourth-order valence-electron chi connectivity index (χ4n) is 3.70. The first-order chi connectivity index (χ1) is 14.7. The lowest BCUT2D eigenvalue weighted by atomic mass is 10.2. The lowest BCUT2D eigenvalue weighted by Gasteiger charge is -2.34. The van der Waals surface area contributed by atoms with E-state index in [0.29, 0.717) is 38.2 Å². The Morgan fingerprint density at radius 2 is 1.80 bits per heavy atom. The Balaban J connectivity index is 1.24. The van der Waals surface area contributed by atoms with Crippen LogP contribution in [0.4, 0.5) is 0 Å². The molecule has 0 radical (unpaired) electrons. The summed E-state index contributed by atoms with van der Waals surface area (Å²) in [6.45, 7) is 2.12. The van der Waals surface area contributed by atoms with Gasteiger partial charge in [-0.1, -0.05) is 30.3 Å². The third-order valence-electron chi connectivity index (χ3n) is 5.37. The molecule has 4 aromatic rings. The zero-order valence-electron chi connectivity index (χ0n) is 16.2. The minimum Gasteiger partial charge on any atom is -0.472 e. The van der Waals surface area contributed by atoms with E-state index in [1.54, 1.807) is 22.3 Å². The number of thiazole rings is 1. The number of carbonyl (C=O) groups excluding carboxylic acids is 2. The molecule has 2 amide bonds. The van der Waals surface area contributed by atoms with Crippen LogP contribution in [0, 0.1) is 0 Å². The minimum absolute atomic E-state index is 0.0535. The predicted octanol–water partition coefficient (Wildman–Crippen LogP) is 3.18. The summed E-state index contributed by atoms with van der Waals surface area (Å²) in [5.74, 6) is 0.0160. The molecule has 1 aliphatic rings. The third-order valence-corrected chi connectivity index (χ3v) is 6.26. The van der Waals surface area contributed by atoms with Crippen molar-refractivity contribution in [1.82, 2.24) is 19.2 Å². The van der Waals surface area contributed by atoms with Gasteiger partial charge in [0.15, 0.2) is 4.96 Å². The van der Waals surface area contributed by atoms with Crippen LogP contribution in [0.1, 0.15) is 16.1 Å². The van der Waals surface area contributed by atoms with Gasteiger partial charge in [-0.2, -0.15) is 0 Å². The van der Waals surface area contributed by atoms with Gasteiger partial charge in [0.2, 0.25) is 5.91 Å². The highest BCUT2D eigenvalue weighted by Gasteiger charge is 2.26. The van der Waals surface area contributed by atoms with E-state index >= 15 is 0 Å². The number of carbonyl (C=O) groups is 2. The van der Waals surface area contributed by atoms with E-state index in [9.17, 15) is 9.59 Å². The van der Waals surface area contributed by atoms with Crippen molar-refractivity contribution < 1.29 is 14.0 Å². The zero-order chi connectivity index (χ0) is 20.5. The molecule has 4 heterocycles. The molecule has 0 atom stereocenters. The molecule has 8 heteroatoms. The minimum atomic E-state index is -0.0535. The van der Waals surface area contributed by atoms with Gasteiger partial charge >= 0.3 is 0 Å². The first-order valence-electron chi connectivity index (χ1n) is 9.79. The van der Waals surface area contributed by atoms with E-state index in [1.165, 1.54) is 12.5 Å². The number of aromatic nitrogens is 2. The fraction of sp³-hybridized carbons (Fsp3) is 0.227. The average molecular weight is 420 g/mol. The Morgan fingerprint density at radius 1 is 1.03 bits per heavy atom. The lowest BCUT2D eigenvalue weighted by molar-refractivity contribution is -0.132. The molecule has 1 aliphatic heterocycles. The SMILES string of the molecule is O=C(Cc1csc2nc(-c3ccccc3)cn12)N1CCN(C(=O)c2ccoc2)CC1. The molecule has 1 saturated heterocycles. The van der Waals surface area contributed by atoms with Crippen LogP contribution in [0.2, 0.25) is 0 Å². The normalized spacial score (nSPS) is 14.4. The van der Waals surface area contributed by atoms with Crippen molar-refractivity contribution in [2.45, 2.75) is 6.42 Å². The lowest BCUT2D eigenvalue weighted by Crippen LogP contribution is -2.51. The number of benzene rings is 1. The van der Waals surface area contributed by atoms with E-state index in [-0.39, 0.29) is 11.8 Å². The molecule has 0 saturated carbocycles. The molecule has 0 spiro atoms. The van der Waals surface area contributed by atoms with E-state index in [2.05, 4.69) is 4.98 Å². The first-order valence-corrected chi connectivity index (χ1v) is 10.7. The number of furan rings is 1. The van der Waals surface area contributed by atoms with Crippen molar-refractivity contribution >= 4 is 28.1 Å². The molecule has 0 N–H and O–H groups in total. The highest BCUT2D eigenvalue weighted by atomic mass is 32.1. The topological polar surface area (TPSA) is 71.1 Å². The van der Waals surface area contributed by atoms with E-state index < -0.39 is 0 Å². The number of fused-ring (bicyclic) bond motifs is 1. The van der Waals surface area contributed by atoms with Gasteiger partial charge in [-0.05, 0) is 6.07 Å². The molecule has 5 rings (SSSR count). The average Bonchev–Trinajstić information content (AvgIpc) is 3.53. The molecule has 152 valence electrons. The molecule has 30 heavy (non-hydrogen) atoms. The largest absolute Gasteiger partial charge is 0.472 e. The number of hydrogen-bond acceptors (Lipinski definition) is 5. The molecular weight excluding hydrogens is 400 g/mol. The van der Waals surface area contributed by atoms with Gasteiger partial charge in [0.25, 0.3) is 5.91 Å². The Kier molecular flexibility index (Phi) is 4.84. The van der Waals surface area contributed by atoms with Crippen molar-refractivity contribution in [3.63, 3.8) is 0 Å². The van der Waals surface area contributed by atoms with Gasteiger partial charge in [0.1, 0.15) is 6.26 Å². The molecule has 1 aromatic carbocycles. The van der Waals surface area contributed by atoms with Gasteiger partial charge in [-0.25, -0.2) is 4.98 Å². The number of nitrogens with zero attached hydrogens (tertiary/aromatic N) is 4. The monoisotopic (exact) mass is 420 g/mol. The summed E-state index contributed by atoms with van der Waals surface area (Å²) in [7, 11) is 0. The summed E-state index contributed by atoms with van der Waals surface area (Å²) in [6, 6.07) is 11.7. The molecule has 0 bridgehead atoms. The Hall–Kier alpha value is -3.39. The molecule has 0 aliphatic carbocycles. The number of rotatable bonds is 4. The quantitative estimate of drug-likeness (QED) is 0.508. The van der Waals surface area contributed by atoms with Gasteiger partial charge in [-0.15, -0.1) is 11.3 Å². The van der Waals surface area contributed by atoms with Crippen LogP contribution in [0.25, 0.3) is 16.2 Å². The van der Waals surface area contributed by atoms with Crippen LogP contribution < -0.4 is 0 Å². The summed E-state index contributed by atoms with van der Waals surface area (Å²) in [4.78, 5) is 34.4. The molecule has 7 nitrogen and oxygen atoms in total. The van der Waals surface area contributed by atoms with E-state index in [0.717, 1.165) is 21.9 Å². The molecule has 0 unspecified atom stereocenters. The van der Waals surface area contributed by atoms with Crippen molar-refractivity contribution in [3.8, 4) is 11.3 Å². The summed E-state index contributed by atoms with van der Waals surface area (Å²) >= 11 is 1.54. The maximum absolute atomic E-state index is 12.9. The summed E-state index contributed by atoms with van der Waals surface area (Å²) in [5, 5.41) is 1.99. The molecule has 1 fully saturated rings. The maximum atomic E-state index is 12.9. The smallest absolute Gasteiger partial charge is 0.257 e. The highest BCUT2D eigenvalue weighted by molar-refractivity contribution is 7.15. The Labute approximate surface area is 177 Å². The summed E-state index contributed by atoms with van der Waals surface area (Å²) in [6.07, 6.45) is 5.26. The third kappa shape index (κ3) is 3.50. The van der Waals surface area contributed by atoms with Gasteiger partial charge in [0.05, 0.1) is 23.9 Å². The fourth-order valence-corrected chi connectivity index (χ4v) is 4.57. The van der Waals surface area contributed by atoms with Crippen LogP contribution >= 0.6 is 11.3 Å². The van der Waals surface area contributed by atoms with Gasteiger partial charge in [-0.3, -0.25) is 14.0 Å². The van der Waals surface area contributed by atoms with Crippen molar-refractivity contribution in [2.75, 3.05) is 26.2 Å². The Morgan fingerprint density at radius 3 is 2.53 bits per heavy atom. The second-order valence-corrected chi connectivity index (χ2v) is 8.07. The van der Waals surface area contributed by atoms with Crippen molar-refractivity contribution in [1.29, 1.82) is 0 Å². The summed E-state index contributed by atoms with van der Waals surface area (Å²) < 4.78 is 6.99. The van der Waals surface area contributed by atoms with Crippen molar-refractivity contribution in [2.24, 2.45) is 0 Å². The number of piperazine rings is 1. The number of hydrogen-bond donors (Lipinski definition) is 0. The summed E-state index contributed by atoms with van der Waals surface area (Å²) in [5.41, 5.74) is 3.45. The van der Waals surface area contributed by atoms with E-state index in [1.807, 2.05) is 51.2 Å². The van der Waals surface area contributed by atoms with Gasteiger partial charge in [0, 0.05) is 49.0 Å². The second-order valence-electron chi connectivity index (χ2n) is 7.23. The van der Waals surface area contributed by atoms with Crippen LogP contribution in [-0.2, 0) is 11.2 Å². The van der Waals surface area contributed by atoms with Crippen LogP contribution in [0.5, 0.6) is 0 Å². The number of imidazole rings is 1. The van der Waals surface area contributed by atoms with Gasteiger partial charge < -0.3 is 14.2 Å². The van der Waals surface area contributed by atoms with Crippen LogP contribution in [0.3, 0.4) is 0 Å². The van der Waals surface area contributed by atoms with Crippen LogP contribution in [0.15, 0.2) is 64.9 Å². The first kappa shape index (κ1) is 18.6.